The van der Waals surface area contributed by atoms with Gasteiger partial charge in [-0.3, -0.25) is 0 Å². The van der Waals surface area contributed by atoms with E-state index >= 15 is 0 Å². The van der Waals surface area contributed by atoms with Crippen LogP contribution in [-0.4, -0.2) is 74.9 Å². The largest absolute Gasteiger partial charge is 0.366 e. The standard InChI is InChI=1S/C22H28FN7/c1-28-12-10-17(11-13-28)29-14-8-16(9-15-29)24-20-6-7-21-25-26-22(30(21)27-20)18-4-2-3-5-19(18)23/h2-7,16-17H,8-15H2,1H3,(H,24,27). The summed E-state index contributed by atoms with van der Waals surface area (Å²) in [4.78, 5) is 5.09. The lowest BCUT2D eigenvalue weighted by Crippen LogP contribution is -2.48. The van der Waals surface area contributed by atoms with Gasteiger partial charge in [-0.2, -0.15) is 4.52 Å². The molecule has 158 valence electrons. The van der Waals surface area contributed by atoms with Crippen LogP contribution in [0.4, 0.5) is 10.2 Å². The fourth-order valence-electron chi connectivity index (χ4n) is 4.65. The van der Waals surface area contributed by atoms with Crippen molar-refractivity contribution < 1.29 is 4.39 Å². The van der Waals surface area contributed by atoms with Gasteiger partial charge in [0.1, 0.15) is 11.6 Å². The summed E-state index contributed by atoms with van der Waals surface area (Å²) in [6.07, 6.45) is 4.77. The first kappa shape index (κ1) is 19.4. The SMILES string of the molecule is CN1CCC(N2CCC(Nc3ccc4nnc(-c5ccccc5F)n4n3)CC2)CC1. The van der Waals surface area contributed by atoms with E-state index in [0.29, 0.717) is 23.1 Å². The Balaban J connectivity index is 1.26. The zero-order chi connectivity index (χ0) is 20.5. The monoisotopic (exact) mass is 409 g/mol. The molecule has 2 fully saturated rings. The van der Waals surface area contributed by atoms with Crippen LogP contribution in [0.2, 0.25) is 0 Å². The molecule has 0 unspecified atom stereocenters. The number of fused-ring (bicyclic) bond motifs is 1. The fourth-order valence-corrected chi connectivity index (χ4v) is 4.65. The zero-order valence-corrected chi connectivity index (χ0v) is 17.3. The fraction of sp³-hybridized carbons (Fsp3) is 0.500. The molecule has 3 aromatic rings. The predicted molar refractivity (Wildman–Crippen MR) is 115 cm³/mol. The van der Waals surface area contributed by atoms with E-state index in [-0.39, 0.29) is 5.82 Å². The number of hydrogen-bond donors (Lipinski definition) is 1. The van der Waals surface area contributed by atoms with E-state index in [1.54, 1.807) is 22.7 Å². The Morgan fingerprint density at radius 1 is 0.933 bits per heavy atom. The van der Waals surface area contributed by atoms with E-state index in [1.807, 2.05) is 12.1 Å². The lowest BCUT2D eigenvalue weighted by atomic mass is 9.98. The van der Waals surface area contributed by atoms with Gasteiger partial charge in [0.15, 0.2) is 11.5 Å². The second kappa shape index (κ2) is 8.28. The molecular formula is C22H28FN7. The van der Waals surface area contributed by atoms with Gasteiger partial charge in [-0.05, 0) is 70.1 Å². The smallest absolute Gasteiger partial charge is 0.188 e. The maximum atomic E-state index is 14.2. The van der Waals surface area contributed by atoms with Crippen molar-refractivity contribution in [2.45, 2.75) is 37.8 Å². The first-order valence-electron chi connectivity index (χ1n) is 10.8. The molecule has 0 radical (unpaired) electrons. The number of rotatable bonds is 4. The van der Waals surface area contributed by atoms with Crippen LogP contribution in [0.25, 0.3) is 17.0 Å². The second-order valence-corrected chi connectivity index (χ2v) is 8.48. The van der Waals surface area contributed by atoms with Crippen molar-refractivity contribution in [2.24, 2.45) is 0 Å². The Labute approximate surface area is 175 Å². The van der Waals surface area contributed by atoms with Crippen LogP contribution in [0, 0.1) is 5.82 Å². The number of likely N-dealkylation sites (tertiary alicyclic amines) is 2. The van der Waals surface area contributed by atoms with Gasteiger partial charge >= 0.3 is 0 Å². The van der Waals surface area contributed by atoms with Gasteiger partial charge in [-0.1, -0.05) is 12.1 Å². The first-order chi connectivity index (χ1) is 14.7. The molecule has 2 aromatic heterocycles. The van der Waals surface area contributed by atoms with Crippen LogP contribution in [-0.2, 0) is 0 Å². The number of halogens is 1. The van der Waals surface area contributed by atoms with Crippen molar-refractivity contribution in [3.05, 3.63) is 42.2 Å². The highest BCUT2D eigenvalue weighted by Crippen LogP contribution is 2.24. The second-order valence-electron chi connectivity index (χ2n) is 8.48. The molecule has 8 heteroatoms. The molecule has 2 saturated heterocycles. The molecule has 1 aromatic carbocycles. The Morgan fingerprint density at radius 3 is 2.47 bits per heavy atom. The van der Waals surface area contributed by atoms with E-state index in [1.165, 1.54) is 32.0 Å². The number of benzene rings is 1. The molecule has 0 bridgehead atoms. The van der Waals surface area contributed by atoms with Crippen molar-refractivity contribution in [2.75, 3.05) is 38.5 Å². The summed E-state index contributed by atoms with van der Waals surface area (Å²) in [5.41, 5.74) is 1.01. The average Bonchev–Trinajstić information content (AvgIpc) is 3.18. The minimum Gasteiger partial charge on any atom is -0.366 e. The third-order valence-electron chi connectivity index (χ3n) is 6.46. The molecule has 2 aliphatic rings. The van der Waals surface area contributed by atoms with Gasteiger partial charge < -0.3 is 15.1 Å². The third kappa shape index (κ3) is 3.89. The molecule has 0 spiro atoms. The Kier molecular flexibility index (Phi) is 5.35. The van der Waals surface area contributed by atoms with E-state index in [0.717, 1.165) is 37.8 Å². The van der Waals surface area contributed by atoms with E-state index < -0.39 is 0 Å². The molecule has 1 N–H and O–H groups in total. The van der Waals surface area contributed by atoms with Crippen LogP contribution in [0.15, 0.2) is 36.4 Å². The van der Waals surface area contributed by atoms with Crippen LogP contribution in [0.1, 0.15) is 25.7 Å². The van der Waals surface area contributed by atoms with Crippen LogP contribution in [0.3, 0.4) is 0 Å². The Morgan fingerprint density at radius 2 is 1.70 bits per heavy atom. The van der Waals surface area contributed by atoms with Gasteiger partial charge in [0.25, 0.3) is 0 Å². The molecule has 0 amide bonds. The predicted octanol–water partition coefficient (Wildman–Crippen LogP) is 2.90. The number of piperidine rings is 2. The van der Waals surface area contributed by atoms with Crippen molar-refractivity contribution >= 4 is 11.5 Å². The van der Waals surface area contributed by atoms with Gasteiger partial charge in [0, 0.05) is 25.2 Å². The van der Waals surface area contributed by atoms with Gasteiger partial charge in [0.05, 0.1) is 5.56 Å². The Bertz CT molecular complexity index is 1000. The molecule has 7 nitrogen and oxygen atoms in total. The van der Waals surface area contributed by atoms with Crippen LogP contribution >= 0.6 is 0 Å². The zero-order valence-electron chi connectivity index (χ0n) is 17.3. The average molecular weight is 410 g/mol. The van der Waals surface area contributed by atoms with Crippen molar-refractivity contribution in [1.29, 1.82) is 0 Å². The molecule has 5 rings (SSSR count). The highest BCUT2D eigenvalue weighted by Gasteiger charge is 2.27. The lowest BCUT2D eigenvalue weighted by Gasteiger charge is -2.41. The summed E-state index contributed by atoms with van der Waals surface area (Å²) >= 11 is 0. The van der Waals surface area contributed by atoms with E-state index in [4.69, 9.17) is 0 Å². The van der Waals surface area contributed by atoms with Gasteiger partial charge in [0.2, 0.25) is 0 Å². The summed E-state index contributed by atoms with van der Waals surface area (Å²) in [5.74, 6) is 0.870. The molecule has 4 heterocycles. The summed E-state index contributed by atoms with van der Waals surface area (Å²) in [5, 5.41) is 16.5. The summed E-state index contributed by atoms with van der Waals surface area (Å²) < 4.78 is 15.9. The molecular weight excluding hydrogens is 381 g/mol. The minimum atomic E-state index is -0.326. The molecule has 2 aliphatic heterocycles. The lowest BCUT2D eigenvalue weighted by molar-refractivity contribution is 0.0993. The van der Waals surface area contributed by atoms with E-state index in [2.05, 4.69) is 37.5 Å². The number of nitrogens with zero attached hydrogens (tertiary/aromatic N) is 6. The maximum Gasteiger partial charge on any atom is 0.188 e. The highest BCUT2D eigenvalue weighted by atomic mass is 19.1. The van der Waals surface area contributed by atoms with Gasteiger partial charge in [-0.25, -0.2) is 4.39 Å². The molecule has 30 heavy (non-hydrogen) atoms. The summed E-state index contributed by atoms with van der Waals surface area (Å²) in [7, 11) is 2.21. The first-order valence-corrected chi connectivity index (χ1v) is 10.8. The molecule has 0 saturated carbocycles. The van der Waals surface area contributed by atoms with Gasteiger partial charge in [-0.15, -0.1) is 15.3 Å². The molecule has 0 aliphatic carbocycles. The number of aromatic nitrogens is 4. The third-order valence-corrected chi connectivity index (χ3v) is 6.46. The van der Waals surface area contributed by atoms with Crippen molar-refractivity contribution in [1.82, 2.24) is 29.6 Å². The Hall–Kier alpha value is -2.58. The number of nitrogens with one attached hydrogen (secondary N) is 1. The van der Waals surface area contributed by atoms with Crippen LogP contribution < -0.4 is 5.32 Å². The van der Waals surface area contributed by atoms with Crippen molar-refractivity contribution in [3.63, 3.8) is 0 Å². The highest BCUT2D eigenvalue weighted by molar-refractivity contribution is 5.60. The topological polar surface area (TPSA) is 61.6 Å². The maximum absolute atomic E-state index is 14.2. The quantitative estimate of drug-likeness (QED) is 0.715. The summed E-state index contributed by atoms with van der Waals surface area (Å²) in [6.45, 7) is 4.66. The number of anilines is 1. The minimum absolute atomic E-state index is 0.326. The van der Waals surface area contributed by atoms with E-state index in [9.17, 15) is 4.39 Å². The van der Waals surface area contributed by atoms with Crippen LogP contribution in [0.5, 0.6) is 0 Å². The normalized spacial score (nSPS) is 20.1. The summed E-state index contributed by atoms with van der Waals surface area (Å²) in [6, 6.07) is 11.5. The number of hydrogen-bond acceptors (Lipinski definition) is 6. The molecule has 0 atom stereocenters. The van der Waals surface area contributed by atoms with Crippen molar-refractivity contribution in [3.8, 4) is 11.4 Å².